The van der Waals surface area contributed by atoms with Crippen LogP contribution in [0.5, 0.6) is 0 Å². The Labute approximate surface area is 111 Å². The summed E-state index contributed by atoms with van der Waals surface area (Å²) in [6.45, 7) is 10.7. The van der Waals surface area contributed by atoms with Gasteiger partial charge in [0.1, 0.15) is 0 Å². The maximum atomic E-state index is 9.75. The molecule has 2 unspecified atom stereocenters. The Hall–Kier alpha value is -0.860. The molecule has 2 atom stereocenters. The molecule has 1 rings (SSSR count). The first-order valence-corrected chi connectivity index (χ1v) is 6.75. The fourth-order valence-electron chi connectivity index (χ4n) is 2.21. The first-order valence-electron chi connectivity index (χ1n) is 6.75. The van der Waals surface area contributed by atoms with Gasteiger partial charge in [-0.05, 0) is 48.8 Å². The zero-order valence-corrected chi connectivity index (χ0v) is 12.3. The molecule has 0 fully saturated rings. The Morgan fingerprint density at radius 1 is 1.28 bits per heavy atom. The summed E-state index contributed by atoms with van der Waals surface area (Å²) in [5, 5.41) is 9.75. The predicted octanol–water partition coefficient (Wildman–Crippen LogP) is 2.93. The molecule has 0 radical (unpaired) electrons. The molecule has 2 heteroatoms. The fraction of sp³-hybridized carbons (Fsp3) is 0.625. The van der Waals surface area contributed by atoms with Gasteiger partial charge in [0.25, 0.3) is 0 Å². The van der Waals surface area contributed by atoms with E-state index in [1.807, 2.05) is 6.92 Å². The average molecular weight is 249 g/mol. The quantitative estimate of drug-likeness (QED) is 0.862. The number of aryl methyl sites for hydroxylation is 2. The molecule has 18 heavy (non-hydrogen) atoms. The molecule has 0 aliphatic rings. The summed E-state index contributed by atoms with van der Waals surface area (Å²) in [4.78, 5) is 0. The molecule has 0 aromatic heterocycles. The van der Waals surface area contributed by atoms with Gasteiger partial charge in [-0.2, -0.15) is 0 Å². The largest absolute Gasteiger partial charge is 0.392 e. The summed E-state index contributed by atoms with van der Waals surface area (Å²) >= 11 is 0. The molecule has 0 saturated heterocycles. The molecule has 0 amide bonds. The molecule has 0 aliphatic carbocycles. The number of rotatable bonds is 4. The van der Waals surface area contributed by atoms with Crippen LogP contribution in [-0.2, 0) is 11.8 Å². The average Bonchev–Trinajstić information content (AvgIpc) is 2.25. The van der Waals surface area contributed by atoms with Gasteiger partial charge in [0.05, 0.1) is 6.10 Å². The van der Waals surface area contributed by atoms with Crippen molar-refractivity contribution in [1.29, 1.82) is 0 Å². The summed E-state index contributed by atoms with van der Waals surface area (Å²) in [7, 11) is 0. The standard InChI is InChI=1S/C16H27NO/c1-11-6-7-13(8-9-15(18)12(2)17)10-14(11)16(3,4)5/h6-7,10,12,15,18H,8-9,17H2,1-5H3. The number of hydrogen-bond donors (Lipinski definition) is 2. The van der Waals surface area contributed by atoms with Crippen LogP contribution in [0, 0.1) is 6.92 Å². The Morgan fingerprint density at radius 3 is 2.39 bits per heavy atom. The number of hydrogen-bond acceptors (Lipinski definition) is 2. The van der Waals surface area contributed by atoms with Crippen molar-refractivity contribution in [2.24, 2.45) is 5.73 Å². The van der Waals surface area contributed by atoms with Crippen molar-refractivity contribution in [2.45, 2.75) is 65.0 Å². The smallest absolute Gasteiger partial charge is 0.0691 e. The van der Waals surface area contributed by atoms with Crippen LogP contribution < -0.4 is 5.73 Å². The topological polar surface area (TPSA) is 46.2 Å². The van der Waals surface area contributed by atoms with E-state index in [0.29, 0.717) is 0 Å². The molecule has 0 spiro atoms. The Balaban J connectivity index is 2.80. The van der Waals surface area contributed by atoms with E-state index in [-0.39, 0.29) is 11.5 Å². The van der Waals surface area contributed by atoms with E-state index in [4.69, 9.17) is 5.73 Å². The summed E-state index contributed by atoms with van der Waals surface area (Å²) in [5.74, 6) is 0. The van der Waals surface area contributed by atoms with Gasteiger partial charge in [-0.25, -0.2) is 0 Å². The SMILES string of the molecule is Cc1ccc(CCC(O)C(C)N)cc1C(C)(C)C. The van der Waals surface area contributed by atoms with Crippen molar-refractivity contribution in [3.8, 4) is 0 Å². The van der Waals surface area contributed by atoms with Crippen LogP contribution in [0.1, 0.15) is 50.8 Å². The van der Waals surface area contributed by atoms with Crippen molar-refractivity contribution in [1.82, 2.24) is 0 Å². The highest BCUT2D eigenvalue weighted by Crippen LogP contribution is 2.27. The van der Waals surface area contributed by atoms with Crippen LogP contribution >= 0.6 is 0 Å². The lowest BCUT2D eigenvalue weighted by atomic mass is 9.82. The molecule has 102 valence electrons. The highest BCUT2D eigenvalue weighted by molar-refractivity contribution is 5.35. The lowest BCUT2D eigenvalue weighted by Gasteiger charge is -2.23. The third-order valence-corrected chi connectivity index (χ3v) is 3.45. The highest BCUT2D eigenvalue weighted by Gasteiger charge is 2.17. The van der Waals surface area contributed by atoms with Gasteiger partial charge in [0.2, 0.25) is 0 Å². The normalized spacial score (nSPS) is 15.5. The number of benzene rings is 1. The molecule has 1 aromatic rings. The van der Waals surface area contributed by atoms with E-state index >= 15 is 0 Å². The summed E-state index contributed by atoms with van der Waals surface area (Å²) < 4.78 is 0. The van der Waals surface area contributed by atoms with Crippen molar-refractivity contribution in [3.05, 3.63) is 34.9 Å². The van der Waals surface area contributed by atoms with Crippen LogP contribution in [-0.4, -0.2) is 17.3 Å². The van der Waals surface area contributed by atoms with Gasteiger partial charge in [-0.3, -0.25) is 0 Å². The minimum Gasteiger partial charge on any atom is -0.392 e. The second kappa shape index (κ2) is 5.85. The molecule has 3 N–H and O–H groups in total. The molecule has 0 bridgehead atoms. The van der Waals surface area contributed by atoms with Crippen molar-refractivity contribution >= 4 is 0 Å². The van der Waals surface area contributed by atoms with Crippen LogP contribution in [0.15, 0.2) is 18.2 Å². The van der Waals surface area contributed by atoms with Gasteiger partial charge < -0.3 is 10.8 Å². The van der Waals surface area contributed by atoms with Crippen LogP contribution in [0.3, 0.4) is 0 Å². The third-order valence-electron chi connectivity index (χ3n) is 3.45. The van der Waals surface area contributed by atoms with E-state index < -0.39 is 6.10 Å². The molecule has 0 saturated carbocycles. The van der Waals surface area contributed by atoms with Crippen molar-refractivity contribution < 1.29 is 5.11 Å². The molecule has 1 aromatic carbocycles. The Bertz CT molecular complexity index is 391. The molecule has 0 aliphatic heterocycles. The zero-order chi connectivity index (χ0) is 13.9. The van der Waals surface area contributed by atoms with Gasteiger partial charge >= 0.3 is 0 Å². The summed E-state index contributed by atoms with van der Waals surface area (Å²) in [5.41, 5.74) is 9.84. The third kappa shape index (κ3) is 4.11. The number of aliphatic hydroxyl groups is 1. The van der Waals surface area contributed by atoms with Crippen LogP contribution in [0.4, 0.5) is 0 Å². The van der Waals surface area contributed by atoms with E-state index in [2.05, 4.69) is 45.9 Å². The van der Waals surface area contributed by atoms with Crippen LogP contribution in [0.25, 0.3) is 0 Å². The van der Waals surface area contributed by atoms with Crippen molar-refractivity contribution in [2.75, 3.05) is 0 Å². The van der Waals surface area contributed by atoms with Gasteiger partial charge in [0.15, 0.2) is 0 Å². The molecule has 2 nitrogen and oxygen atoms in total. The Morgan fingerprint density at radius 2 is 1.89 bits per heavy atom. The molecular formula is C16H27NO. The molecular weight excluding hydrogens is 222 g/mol. The molecule has 0 heterocycles. The van der Waals surface area contributed by atoms with Gasteiger partial charge in [-0.1, -0.05) is 39.0 Å². The van der Waals surface area contributed by atoms with Crippen molar-refractivity contribution in [3.63, 3.8) is 0 Å². The maximum Gasteiger partial charge on any atom is 0.0691 e. The lowest BCUT2D eigenvalue weighted by molar-refractivity contribution is 0.141. The summed E-state index contributed by atoms with van der Waals surface area (Å²) in [6.07, 6.45) is 1.19. The van der Waals surface area contributed by atoms with E-state index in [1.165, 1.54) is 16.7 Å². The fourth-order valence-corrected chi connectivity index (χ4v) is 2.21. The van der Waals surface area contributed by atoms with E-state index in [1.54, 1.807) is 0 Å². The van der Waals surface area contributed by atoms with Gasteiger partial charge in [-0.15, -0.1) is 0 Å². The summed E-state index contributed by atoms with van der Waals surface area (Å²) in [6, 6.07) is 6.44. The zero-order valence-electron chi connectivity index (χ0n) is 12.3. The second-order valence-electron chi connectivity index (χ2n) is 6.36. The number of nitrogens with two attached hydrogens (primary N) is 1. The minimum atomic E-state index is -0.413. The Kier molecular flexibility index (Phi) is 4.94. The lowest BCUT2D eigenvalue weighted by Crippen LogP contribution is -2.31. The van der Waals surface area contributed by atoms with E-state index in [0.717, 1.165) is 12.8 Å². The first-order chi connectivity index (χ1) is 8.21. The maximum absolute atomic E-state index is 9.75. The van der Waals surface area contributed by atoms with Gasteiger partial charge in [0, 0.05) is 6.04 Å². The predicted molar refractivity (Wildman–Crippen MR) is 77.9 cm³/mol. The monoisotopic (exact) mass is 249 g/mol. The highest BCUT2D eigenvalue weighted by atomic mass is 16.3. The number of aliphatic hydroxyl groups excluding tert-OH is 1. The second-order valence-corrected chi connectivity index (χ2v) is 6.36. The first kappa shape index (κ1) is 15.2. The van der Waals surface area contributed by atoms with Crippen LogP contribution in [0.2, 0.25) is 0 Å². The minimum absolute atomic E-state index is 0.155. The van der Waals surface area contributed by atoms with E-state index in [9.17, 15) is 5.11 Å².